The molecule has 0 aromatic rings. The van der Waals surface area contributed by atoms with Crippen LogP contribution in [0.15, 0.2) is 0 Å². The number of likely N-dealkylation sites (N-methyl/N-ethyl adjacent to an activating group) is 2. The maximum atomic E-state index is 9.92. The van der Waals surface area contributed by atoms with Gasteiger partial charge < -0.3 is 14.9 Å². The lowest BCUT2D eigenvalue weighted by Gasteiger charge is -2.44. The Morgan fingerprint density at radius 3 is 2.74 bits per heavy atom. The molecule has 3 unspecified atom stereocenters. The van der Waals surface area contributed by atoms with Gasteiger partial charge in [0, 0.05) is 31.2 Å². The monoisotopic (exact) mass is 268 g/mol. The second kappa shape index (κ2) is 6.55. The third-order valence-corrected chi connectivity index (χ3v) is 5.33. The summed E-state index contributed by atoms with van der Waals surface area (Å²) in [4.78, 5) is 4.98. The van der Waals surface area contributed by atoms with E-state index in [2.05, 4.69) is 30.8 Å². The third kappa shape index (κ3) is 3.93. The van der Waals surface area contributed by atoms with Gasteiger partial charge in [0.1, 0.15) is 0 Å². The fraction of sp³-hybridized carbons (Fsp3) is 1.00. The molecule has 2 aliphatic rings. The molecule has 2 rings (SSSR count). The fourth-order valence-corrected chi connectivity index (χ4v) is 4.26. The molecule has 0 bridgehead atoms. The van der Waals surface area contributed by atoms with Crippen molar-refractivity contribution in [3.05, 3.63) is 0 Å². The van der Waals surface area contributed by atoms with E-state index in [1.807, 2.05) is 0 Å². The summed E-state index contributed by atoms with van der Waals surface area (Å²) >= 11 is 0. The van der Waals surface area contributed by atoms with E-state index in [1.165, 1.54) is 51.6 Å². The highest BCUT2D eigenvalue weighted by Gasteiger charge is 2.36. The zero-order valence-electron chi connectivity index (χ0n) is 13.1. The van der Waals surface area contributed by atoms with Gasteiger partial charge in [-0.25, -0.2) is 0 Å². The predicted molar refractivity (Wildman–Crippen MR) is 80.3 cm³/mol. The number of aliphatic hydroxyl groups excluding tert-OH is 1. The molecule has 3 nitrogen and oxygen atoms in total. The van der Waals surface area contributed by atoms with Crippen LogP contribution in [0.3, 0.4) is 0 Å². The minimum absolute atomic E-state index is 0.169. The highest BCUT2D eigenvalue weighted by atomic mass is 16.3. The van der Waals surface area contributed by atoms with Crippen LogP contribution in [0.4, 0.5) is 0 Å². The van der Waals surface area contributed by atoms with Crippen LogP contribution >= 0.6 is 0 Å². The maximum Gasteiger partial charge on any atom is 0.0499 e. The smallest absolute Gasteiger partial charge is 0.0499 e. The molecule has 0 aromatic heterocycles. The Morgan fingerprint density at radius 1 is 1.32 bits per heavy atom. The number of likely N-dealkylation sites (tertiary alicyclic amines) is 1. The SMILES string of the molecule is CC1CCCC(CO)(CN(C)C2CCCN(C)C2)C1. The Bertz CT molecular complexity index is 284. The van der Waals surface area contributed by atoms with Gasteiger partial charge in [-0.3, -0.25) is 0 Å². The molecule has 112 valence electrons. The lowest BCUT2D eigenvalue weighted by Crippen LogP contribution is -2.50. The summed E-state index contributed by atoms with van der Waals surface area (Å²) in [6.45, 7) is 6.22. The fourth-order valence-electron chi connectivity index (χ4n) is 4.26. The number of rotatable bonds is 4. The molecule has 1 saturated heterocycles. The first-order valence-corrected chi connectivity index (χ1v) is 8.04. The van der Waals surface area contributed by atoms with Crippen LogP contribution in [0.1, 0.15) is 45.4 Å². The molecule has 1 heterocycles. The molecular weight excluding hydrogens is 236 g/mol. The maximum absolute atomic E-state index is 9.92. The van der Waals surface area contributed by atoms with Crippen molar-refractivity contribution in [3.63, 3.8) is 0 Å². The van der Waals surface area contributed by atoms with Crippen molar-refractivity contribution in [1.82, 2.24) is 9.80 Å². The molecule has 0 radical (unpaired) electrons. The standard InChI is InChI=1S/C16H32N2O/c1-14-6-4-8-16(10-14,13-19)12-18(3)15-7-5-9-17(2)11-15/h14-15,19H,4-13H2,1-3H3. The zero-order chi connectivity index (χ0) is 13.9. The van der Waals surface area contributed by atoms with E-state index in [0.717, 1.165) is 12.5 Å². The highest BCUT2D eigenvalue weighted by Crippen LogP contribution is 2.40. The largest absolute Gasteiger partial charge is 0.396 e. The molecule has 0 amide bonds. The predicted octanol–water partition coefficient (Wildman–Crippen LogP) is 2.20. The van der Waals surface area contributed by atoms with E-state index in [-0.39, 0.29) is 5.41 Å². The van der Waals surface area contributed by atoms with E-state index in [1.54, 1.807) is 0 Å². The van der Waals surface area contributed by atoms with Crippen LogP contribution in [-0.2, 0) is 0 Å². The van der Waals surface area contributed by atoms with Crippen LogP contribution in [0.25, 0.3) is 0 Å². The van der Waals surface area contributed by atoms with Crippen molar-refractivity contribution in [2.24, 2.45) is 11.3 Å². The van der Waals surface area contributed by atoms with Gasteiger partial charge in [0.15, 0.2) is 0 Å². The summed E-state index contributed by atoms with van der Waals surface area (Å²) in [5.41, 5.74) is 0.169. The van der Waals surface area contributed by atoms with Crippen molar-refractivity contribution in [2.45, 2.75) is 51.5 Å². The second-order valence-electron chi connectivity index (χ2n) is 7.33. The molecule has 3 heteroatoms. The summed E-state index contributed by atoms with van der Waals surface area (Å²) in [7, 11) is 4.49. The number of hydrogen-bond donors (Lipinski definition) is 1. The molecule has 1 N–H and O–H groups in total. The van der Waals surface area contributed by atoms with Gasteiger partial charge in [0.05, 0.1) is 0 Å². The summed E-state index contributed by atoms with van der Waals surface area (Å²) < 4.78 is 0. The van der Waals surface area contributed by atoms with Gasteiger partial charge in [-0.1, -0.05) is 19.8 Å². The van der Waals surface area contributed by atoms with Gasteiger partial charge >= 0.3 is 0 Å². The molecular formula is C16H32N2O. The first-order chi connectivity index (χ1) is 9.04. The lowest BCUT2D eigenvalue weighted by molar-refractivity contribution is 0.00936. The topological polar surface area (TPSA) is 26.7 Å². The zero-order valence-corrected chi connectivity index (χ0v) is 13.1. The highest BCUT2D eigenvalue weighted by molar-refractivity contribution is 4.89. The Balaban J connectivity index is 1.93. The Hall–Kier alpha value is -0.120. The van der Waals surface area contributed by atoms with Gasteiger partial charge in [0.2, 0.25) is 0 Å². The van der Waals surface area contributed by atoms with Crippen molar-refractivity contribution < 1.29 is 5.11 Å². The van der Waals surface area contributed by atoms with Crippen LogP contribution in [0.5, 0.6) is 0 Å². The second-order valence-corrected chi connectivity index (χ2v) is 7.33. The molecule has 19 heavy (non-hydrogen) atoms. The van der Waals surface area contributed by atoms with E-state index in [4.69, 9.17) is 0 Å². The molecule has 1 aliphatic heterocycles. The molecule has 2 fully saturated rings. The van der Waals surface area contributed by atoms with E-state index in [0.29, 0.717) is 12.6 Å². The molecule has 0 aromatic carbocycles. The van der Waals surface area contributed by atoms with E-state index < -0.39 is 0 Å². The normalized spacial score (nSPS) is 37.7. The Labute approximate surface area is 119 Å². The average molecular weight is 268 g/mol. The van der Waals surface area contributed by atoms with Gasteiger partial charge in [-0.2, -0.15) is 0 Å². The summed E-state index contributed by atoms with van der Waals surface area (Å²) in [5, 5.41) is 9.92. The number of nitrogens with zero attached hydrogens (tertiary/aromatic N) is 2. The minimum atomic E-state index is 0.169. The van der Waals surface area contributed by atoms with Crippen LogP contribution in [-0.4, -0.2) is 61.3 Å². The van der Waals surface area contributed by atoms with Crippen LogP contribution in [0, 0.1) is 11.3 Å². The van der Waals surface area contributed by atoms with Crippen molar-refractivity contribution >= 4 is 0 Å². The van der Waals surface area contributed by atoms with Crippen molar-refractivity contribution in [3.8, 4) is 0 Å². The van der Waals surface area contributed by atoms with Crippen LogP contribution in [0.2, 0.25) is 0 Å². The average Bonchev–Trinajstić information content (AvgIpc) is 2.38. The summed E-state index contributed by atoms with van der Waals surface area (Å²) in [5.74, 6) is 0.781. The van der Waals surface area contributed by atoms with Crippen molar-refractivity contribution in [2.75, 3.05) is 40.3 Å². The van der Waals surface area contributed by atoms with Gasteiger partial charge in [0.25, 0.3) is 0 Å². The first kappa shape index (κ1) is 15.3. The first-order valence-electron chi connectivity index (χ1n) is 8.04. The van der Waals surface area contributed by atoms with Gasteiger partial charge in [-0.05, 0) is 52.2 Å². The van der Waals surface area contributed by atoms with E-state index >= 15 is 0 Å². The van der Waals surface area contributed by atoms with Gasteiger partial charge in [-0.15, -0.1) is 0 Å². The lowest BCUT2D eigenvalue weighted by atomic mass is 9.70. The number of aliphatic hydroxyl groups is 1. The summed E-state index contributed by atoms with van der Waals surface area (Å²) in [6, 6.07) is 0.680. The molecule has 1 saturated carbocycles. The quantitative estimate of drug-likeness (QED) is 0.847. The van der Waals surface area contributed by atoms with Crippen molar-refractivity contribution in [1.29, 1.82) is 0 Å². The third-order valence-electron chi connectivity index (χ3n) is 5.33. The summed E-state index contributed by atoms with van der Waals surface area (Å²) in [6.07, 6.45) is 7.68. The van der Waals surface area contributed by atoms with E-state index in [9.17, 15) is 5.11 Å². The Kier molecular flexibility index (Phi) is 5.27. The molecule has 0 spiro atoms. The molecule has 1 aliphatic carbocycles. The Morgan fingerprint density at radius 2 is 2.11 bits per heavy atom. The number of hydrogen-bond acceptors (Lipinski definition) is 3. The number of piperidine rings is 1. The minimum Gasteiger partial charge on any atom is -0.396 e. The molecule has 3 atom stereocenters. The van der Waals surface area contributed by atoms with Crippen LogP contribution < -0.4 is 0 Å².